The van der Waals surface area contributed by atoms with E-state index in [0.29, 0.717) is 22.0 Å². The van der Waals surface area contributed by atoms with Crippen LogP contribution in [0.25, 0.3) is 22.1 Å². The van der Waals surface area contributed by atoms with E-state index in [0.717, 1.165) is 34.6 Å². The van der Waals surface area contributed by atoms with E-state index >= 15 is 0 Å². The summed E-state index contributed by atoms with van der Waals surface area (Å²) in [6, 6.07) is 7.89. The first kappa shape index (κ1) is 18.8. The summed E-state index contributed by atoms with van der Waals surface area (Å²) in [5.74, 6) is 2.49. The number of imidazole rings is 1. The average molecular weight is 414 g/mol. The van der Waals surface area contributed by atoms with Gasteiger partial charge in [0.2, 0.25) is 0 Å². The van der Waals surface area contributed by atoms with Gasteiger partial charge in [-0.2, -0.15) is 11.8 Å². The highest BCUT2D eigenvalue weighted by Gasteiger charge is 2.17. The Morgan fingerprint density at radius 2 is 2.07 bits per heavy atom. The fraction of sp³-hybridized carbons (Fsp3) is 0.263. The Morgan fingerprint density at radius 1 is 1.18 bits per heavy atom. The number of thioether (sulfide) groups is 1. The molecule has 0 saturated heterocycles. The van der Waals surface area contributed by atoms with Gasteiger partial charge in [-0.1, -0.05) is 23.7 Å². The summed E-state index contributed by atoms with van der Waals surface area (Å²) in [6.07, 6.45) is 5.22. The summed E-state index contributed by atoms with van der Waals surface area (Å²) in [6.45, 7) is 2.90. The van der Waals surface area contributed by atoms with Crippen molar-refractivity contribution in [1.29, 1.82) is 0 Å². The Kier molecular flexibility index (Phi) is 5.50. The standard InChI is InChI=1S/C19H20ClN7S/c1-11(26-19-16-18(23-9-22-16)24-10-25-19)13-8-12-4-3-5-14(20)15(12)27-17(13)21-6-7-28-2/h3-5,8-11H,6-7H2,1-2H3,(H,21,27)(H2,22,23,24,25,26). The largest absolute Gasteiger partial charge is 0.369 e. The zero-order valence-electron chi connectivity index (χ0n) is 15.5. The van der Waals surface area contributed by atoms with Gasteiger partial charge in [0.05, 0.1) is 22.9 Å². The van der Waals surface area contributed by atoms with E-state index in [-0.39, 0.29) is 6.04 Å². The van der Waals surface area contributed by atoms with E-state index in [1.54, 1.807) is 18.1 Å². The number of nitrogens with one attached hydrogen (secondary N) is 3. The summed E-state index contributed by atoms with van der Waals surface area (Å²) in [7, 11) is 0. The van der Waals surface area contributed by atoms with Gasteiger partial charge < -0.3 is 15.6 Å². The van der Waals surface area contributed by atoms with Crippen molar-refractivity contribution in [3.63, 3.8) is 0 Å². The molecule has 3 aromatic heterocycles. The number of hydrogen-bond acceptors (Lipinski definition) is 7. The predicted molar refractivity (Wildman–Crippen MR) is 117 cm³/mol. The molecule has 28 heavy (non-hydrogen) atoms. The number of halogens is 1. The topological polar surface area (TPSA) is 91.4 Å². The van der Waals surface area contributed by atoms with Crippen LogP contribution >= 0.6 is 23.4 Å². The number of para-hydroxylation sites is 1. The number of aromatic nitrogens is 5. The Hall–Kier alpha value is -2.58. The molecule has 0 saturated carbocycles. The number of benzene rings is 1. The highest BCUT2D eigenvalue weighted by atomic mass is 35.5. The van der Waals surface area contributed by atoms with Gasteiger partial charge in [-0.3, -0.25) is 0 Å². The number of nitrogens with zero attached hydrogens (tertiary/aromatic N) is 4. The second-order valence-electron chi connectivity index (χ2n) is 6.35. The van der Waals surface area contributed by atoms with Crippen LogP contribution < -0.4 is 10.6 Å². The second-order valence-corrected chi connectivity index (χ2v) is 7.74. The van der Waals surface area contributed by atoms with Gasteiger partial charge in [-0.05, 0) is 25.3 Å². The second kappa shape index (κ2) is 8.20. The van der Waals surface area contributed by atoms with E-state index in [2.05, 4.69) is 49.8 Å². The third kappa shape index (κ3) is 3.70. The highest BCUT2D eigenvalue weighted by molar-refractivity contribution is 7.98. The van der Waals surface area contributed by atoms with Gasteiger partial charge >= 0.3 is 0 Å². The van der Waals surface area contributed by atoms with Crippen molar-refractivity contribution in [2.75, 3.05) is 29.2 Å². The molecule has 0 amide bonds. The van der Waals surface area contributed by atoms with Crippen molar-refractivity contribution < 1.29 is 0 Å². The van der Waals surface area contributed by atoms with E-state index in [1.165, 1.54) is 6.33 Å². The summed E-state index contributed by atoms with van der Waals surface area (Å²) in [5.41, 5.74) is 3.25. The molecular weight excluding hydrogens is 394 g/mol. The van der Waals surface area contributed by atoms with Gasteiger partial charge in [-0.25, -0.2) is 19.9 Å². The number of aromatic amines is 1. The number of fused-ring (bicyclic) bond motifs is 2. The average Bonchev–Trinajstić information content (AvgIpc) is 3.18. The first-order chi connectivity index (χ1) is 13.7. The van der Waals surface area contributed by atoms with Crippen LogP contribution in [0.1, 0.15) is 18.5 Å². The van der Waals surface area contributed by atoms with Crippen LogP contribution in [0, 0.1) is 0 Å². The van der Waals surface area contributed by atoms with Gasteiger partial charge in [0, 0.05) is 23.2 Å². The van der Waals surface area contributed by atoms with Crippen LogP contribution in [-0.2, 0) is 0 Å². The maximum Gasteiger partial charge on any atom is 0.162 e. The molecule has 0 spiro atoms. The molecule has 9 heteroatoms. The number of anilines is 2. The maximum absolute atomic E-state index is 6.37. The van der Waals surface area contributed by atoms with E-state index in [1.807, 2.05) is 18.2 Å². The Balaban J connectivity index is 1.72. The summed E-state index contributed by atoms with van der Waals surface area (Å²) in [5, 5.41) is 8.54. The lowest BCUT2D eigenvalue weighted by atomic mass is 10.1. The molecule has 4 aromatic rings. The van der Waals surface area contributed by atoms with E-state index in [9.17, 15) is 0 Å². The SMILES string of the molecule is CSCCNc1nc2c(Cl)cccc2cc1C(C)Nc1ncnc2[nH]cnc12. The number of H-pyrrole nitrogens is 1. The van der Waals surface area contributed by atoms with Crippen molar-refractivity contribution in [3.05, 3.63) is 47.5 Å². The van der Waals surface area contributed by atoms with Crippen molar-refractivity contribution in [2.45, 2.75) is 13.0 Å². The summed E-state index contributed by atoms with van der Waals surface area (Å²) >= 11 is 8.15. The molecular formula is C19H20ClN7S. The van der Waals surface area contributed by atoms with Gasteiger partial charge in [0.25, 0.3) is 0 Å². The molecule has 0 bridgehead atoms. The molecule has 0 aliphatic carbocycles. The van der Waals surface area contributed by atoms with E-state index < -0.39 is 0 Å². The van der Waals surface area contributed by atoms with Crippen LogP contribution in [0.15, 0.2) is 36.9 Å². The summed E-state index contributed by atoms with van der Waals surface area (Å²) in [4.78, 5) is 20.7. The fourth-order valence-electron chi connectivity index (χ4n) is 3.07. The molecule has 0 fully saturated rings. The van der Waals surface area contributed by atoms with Crippen LogP contribution in [0.3, 0.4) is 0 Å². The number of pyridine rings is 1. The van der Waals surface area contributed by atoms with Gasteiger partial charge in [-0.15, -0.1) is 0 Å². The predicted octanol–water partition coefficient (Wildman–Crippen LogP) is 4.50. The number of rotatable bonds is 7. The molecule has 4 rings (SSSR count). The minimum Gasteiger partial charge on any atom is -0.369 e. The van der Waals surface area contributed by atoms with E-state index in [4.69, 9.17) is 16.6 Å². The molecule has 3 heterocycles. The quantitative estimate of drug-likeness (QED) is 0.384. The molecule has 0 radical (unpaired) electrons. The van der Waals surface area contributed by atoms with Crippen molar-refractivity contribution in [3.8, 4) is 0 Å². The van der Waals surface area contributed by atoms with Gasteiger partial charge in [0.15, 0.2) is 11.5 Å². The van der Waals surface area contributed by atoms with Crippen LogP contribution in [0.4, 0.5) is 11.6 Å². The first-order valence-electron chi connectivity index (χ1n) is 8.90. The maximum atomic E-state index is 6.37. The van der Waals surface area contributed by atoms with Crippen LogP contribution in [-0.4, -0.2) is 43.5 Å². The third-order valence-electron chi connectivity index (χ3n) is 4.46. The highest BCUT2D eigenvalue weighted by Crippen LogP contribution is 2.31. The monoisotopic (exact) mass is 413 g/mol. The van der Waals surface area contributed by atoms with Crippen molar-refractivity contribution in [1.82, 2.24) is 24.9 Å². The molecule has 7 nitrogen and oxygen atoms in total. The minimum absolute atomic E-state index is 0.0533. The van der Waals surface area contributed by atoms with Crippen LogP contribution in [0.2, 0.25) is 5.02 Å². The minimum atomic E-state index is -0.0533. The van der Waals surface area contributed by atoms with Crippen LogP contribution in [0.5, 0.6) is 0 Å². The lowest BCUT2D eigenvalue weighted by molar-refractivity contribution is 0.870. The Labute approximate surface area is 171 Å². The Bertz CT molecular complexity index is 1110. The van der Waals surface area contributed by atoms with Crippen molar-refractivity contribution in [2.24, 2.45) is 0 Å². The molecule has 0 aliphatic heterocycles. The zero-order chi connectivity index (χ0) is 19.5. The first-order valence-corrected chi connectivity index (χ1v) is 10.7. The molecule has 1 unspecified atom stereocenters. The smallest absolute Gasteiger partial charge is 0.162 e. The molecule has 144 valence electrons. The number of hydrogen-bond donors (Lipinski definition) is 3. The van der Waals surface area contributed by atoms with Gasteiger partial charge in [0.1, 0.15) is 17.7 Å². The lowest BCUT2D eigenvalue weighted by Crippen LogP contribution is -2.14. The summed E-state index contributed by atoms with van der Waals surface area (Å²) < 4.78 is 0. The molecule has 1 atom stereocenters. The third-order valence-corrected chi connectivity index (χ3v) is 5.38. The molecule has 1 aromatic carbocycles. The van der Waals surface area contributed by atoms with Crippen molar-refractivity contribution >= 4 is 57.1 Å². The lowest BCUT2D eigenvalue weighted by Gasteiger charge is -2.20. The normalized spacial score (nSPS) is 12.4. The molecule has 0 aliphatic rings. The molecule has 3 N–H and O–H groups in total. The Morgan fingerprint density at radius 3 is 2.93 bits per heavy atom. The zero-order valence-corrected chi connectivity index (χ0v) is 17.1. The fourth-order valence-corrected chi connectivity index (χ4v) is 3.61.